The van der Waals surface area contributed by atoms with Gasteiger partial charge in [-0.3, -0.25) is 9.78 Å². The van der Waals surface area contributed by atoms with Crippen LogP contribution in [0, 0.1) is 13.8 Å². The van der Waals surface area contributed by atoms with Crippen LogP contribution < -0.4 is 5.32 Å². The lowest BCUT2D eigenvalue weighted by Gasteiger charge is -2.18. The molecule has 4 aromatic rings. The summed E-state index contributed by atoms with van der Waals surface area (Å²) in [7, 11) is 0. The molecule has 2 atom stereocenters. The molecule has 0 radical (unpaired) electrons. The molecule has 1 aromatic heterocycles. The van der Waals surface area contributed by atoms with Crippen LogP contribution in [0.15, 0.2) is 91.1 Å². The molecule has 4 rings (SSSR count). The predicted molar refractivity (Wildman–Crippen MR) is 132 cm³/mol. The molecule has 0 bridgehead atoms. The zero-order valence-corrected chi connectivity index (χ0v) is 19.1. The van der Waals surface area contributed by atoms with Crippen LogP contribution in [0.5, 0.6) is 0 Å². The highest BCUT2D eigenvalue weighted by molar-refractivity contribution is 5.96. The number of amides is 1. The van der Waals surface area contributed by atoms with Crippen LogP contribution in [-0.4, -0.2) is 16.0 Å². The summed E-state index contributed by atoms with van der Waals surface area (Å²) < 4.78 is 0. The largest absolute Gasteiger partial charge is 0.384 e. The Morgan fingerprint density at radius 3 is 2.21 bits per heavy atom. The van der Waals surface area contributed by atoms with Crippen molar-refractivity contribution in [3.8, 4) is 11.1 Å². The highest BCUT2D eigenvalue weighted by Gasteiger charge is 2.18. The third kappa shape index (κ3) is 5.36. The van der Waals surface area contributed by atoms with E-state index < -0.39 is 6.10 Å². The molecule has 1 unspecified atom stereocenters. The molecule has 3 aromatic carbocycles. The number of carbonyl (C=O) groups is 1. The number of aliphatic hydroxyl groups is 1. The van der Waals surface area contributed by atoms with Gasteiger partial charge in [0.15, 0.2) is 0 Å². The lowest BCUT2D eigenvalue weighted by Crippen LogP contribution is -2.27. The molecular formula is C29H28N2O2. The van der Waals surface area contributed by atoms with Crippen molar-refractivity contribution in [2.75, 3.05) is 0 Å². The maximum absolute atomic E-state index is 13.2. The summed E-state index contributed by atoms with van der Waals surface area (Å²) in [4.78, 5) is 17.6. The van der Waals surface area contributed by atoms with Gasteiger partial charge in [-0.05, 0) is 72.9 Å². The molecule has 0 aliphatic rings. The fourth-order valence-electron chi connectivity index (χ4n) is 3.78. The highest BCUT2D eigenvalue weighted by Crippen LogP contribution is 2.29. The molecule has 0 aliphatic heterocycles. The summed E-state index contributed by atoms with van der Waals surface area (Å²) in [6.45, 7) is 5.91. The first-order valence-electron chi connectivity index (χ1n) is 11.1. The maximum atomic E-state index is 13.2. The second-order valence-electron chi connectivity index (χ2n) is 8.45. The summed E-state index contributed by atoms with van der Waals surface area (Å²) in [6, 6.07) is 26.9. The maximum Gasteiger partial charge on any atom is 0.251 e. The molecule has 33 heavy (non-hydrogen) atoms. The van der Waals surface area contributed by atoms with Gasteiger partial charge in [0.2, 0.25) is 0 Å². The van der Waals surface area contributed by atoms with Gasteiger partial charge in [0.25, 0.3) is 5.91 Å². The average Bonchev–Trinajstić information content (AvgIpc) is 2.84. The van der Waals surface area contributed by atoms with Gasteiger partial charge in [-0.25, -0.2) is 0 Å². The summed E-state index contributed by atoms with van der Waals surface area (Å²) in [6.07, 6.45) is 0.954. The Balaban J connectivity index is 1.69. The van der Waals surface area contributed by atoms with Crippen LogP contribution in [0.25, 0.3) is 11.1 Å². The van der Waals surface area contributed by atoms with Gasteiger partial charge >= 0.3 is 0 Å². The predicted octanol–water partition coefficient (Wildman–Crippen LogP) is 5.94. The topological polar surface area (TPSA) is 62.2 Å². The smallest absolute Gasteiger partial charge is 0.251 e. The van der Waals surface area contributed by atoms with Crippen molar-refractivity contribution >= 4 is 5.91 Å². The molecule has 166 valence electrons. The SMILES string of the molecule is Cc1ccc(-c2cc(C(=O)N[C@H](C)c3ccc(C)nc3)cc(C(O)c3ccccc3)c2)cc1. The van der Waals surface area contributed by atoms with Crippen LogP contribution in [0.3, 0.4) is 0 Å². The third-order valence-electron chi connectivity index (χ3n) is 5.82. The lowest BCUT2D eigenvalue weighted by molar-refractivity contribution is 0.0939. The second-order valence-corrected chi connectivity index (χ2v) is 8.45. The minimum atomic E-state index is -0.832. The number of pyridine rings is 1. The van der Waals surface area contributed by atoms with Crippen LogP contribution in [-0.2, 0) is 0 Å². The Labute approximate surface area is 195 Å². The number of carbonyl (C=O) groups excluding carboxylic acids is 1. The quantitative estimate of drug-likeness (QED) is 0.393. The van der Waals surface area contributed by atoms with Gasteiger partial charge in [-0.2, -0.15) is 0 Å². The van der Waals surface area contributed by atoms with E-state index >= 15 is 0 Å². The summed E-state index contributed by atoms with van der Waals surface area (Å²) in [5.41, 5.74) is 6.88. The van der Waals surface area contributed by atoms with E-state index in [4.69, 9.17) is 0 Å². The molecule has 4 heteroatoms. The standard InChI is InChI=1S/C29H28N2O2/c1-19-9-12-22(13-10-19)25-15-26(28(32)23-7-5-4-6-8-23)17-27(16-25)29(33)31-21(3)24-14-11-20(2)30-18-24/h4-18,21,28,32H,1-3H3,(H,31,33)/t21-,28?/m1/s1. The zero-order chi connectivity index (χ0) is 23.4. The number of aryl methyl sites for hydroxylation is 2. The van der Waals surface area contributed by atoms with Gasteiger partial charge in [-0.15, -0.1) is 0 Å². The number of nitrogens with zero attached hydrogens (tertiary/aromatic N) is 1. The van der Waals surface area contributed by atoms with Gasteiger partial charge < -0.3 is 10.4 Å². The minimum absolute atomic E-state index is 0.196. The Morgan fingerprint density at radius 1 is 0.818 bits per heavy atom. The number of aliphatic hydroxyl groups excluding tert-OH is 1. The van der Waals surface area contributed by atoms with Crippen molar-refractivity contribution < 1.29 is 9.90 Å². The second kappa shape index (κ2) is 9.80. The summed E-state index contributed by atoms with van der Waals surface area (Å²) in [5, 5.41) is 14.1. The number of hydrogen-bond acceptors (Lipinski definition) is 3. The van der Waals surface area contributed by atoms with Gasteiger partial charge in [0, 0.05) is 17.5 Å². The molecule has 1 amide bonds. The highest BCUT2D eigenvalue weighted by atomic mass is 16.3. The first kappa shape index (κ1) is 22.4. The van der Waals surface area contributed by atoms with E-state index in [0.29, 0.717) is 11.1 Å². The van der Waals surface area contributed by atoms with Crippen LogP contribution in [0.1, 0.15) is 57.4 Å². The molecular weight excluding hydrogens is 408 g/mol. The van der Waals surface area contributed by atoms with Gasteiger partial charge in [0.1, 0.15) is 6.10 Å². The van der Waals surface area contributed by atoms with Crippen molar-refractivity contribution in [2.24, 2.45) is 0 Å². The molecule has 1 heterocycles. The van der Waals surface area contributed by atoms with Crippen LogP contribution in [0.4, 0.5) is 0 Å². The van der Waals surface area contributed by atoms with E-state index in [-0.39, 0.29) is 11.9 Å². The normalized spacial score (nSPS) is 12.7. The number of aromatic nitrogens is 1. The molecule has 0 saturated heterocycles. The molecule has 2 N–H and O–H groups in total. The Hall–Kier alpha value is -3.76. The van der Waals surface area contributed by atoms with E-state index in [1.807, 2.05) is 99.6 Å². The van der Waals surface area contributed by atoms with Gasteiger partial charge in [-0.1, -0.05) is 66.2 Å². The molecule has 0 saturated carbocycles. The minimum Gasteiger partial charge on any atom is -0.384 e. The monoisotopic (exact) mass is 436 g/mol. The van der Waals surface area contributed by atoms with Crippen LogP contribution in [0.2, 0.25) is 0 Å². The number of hydrogen-bond donors (Lipinski definition) is 2. The third-order valence-corrected chi connectivity index (χ3v) is 5.82. The summed E-state index contributed by atoms with van der Waals surface area (Å²) in [5.74, 6) is -0.196. The van der Waals surface area contributed by atoms with E-state index in [1.54, 1.807) is 12.3 Å². The number of benzene rings is 3. The van der Waals surface area contributed by atoms with Gasteiger partial charge in [0.05, 0.1) is 6.04 Å². The van der Waals surface area contributed by atoms with Crippen molar-refractivity contribution in [3.63, 3.8) is 0 Å². The Morgan fingerprint density at radius 2 is 1.55 bits per heavy atom. The zero-order valence-electron chi connectivity index (χ0n) is 19.1. The molecule has 4 nitrogen and oxygen atoms in total. The fraction of sp³-hybridized carbons (Fsp3) is 0.172. The average molecular weight is 437 g/mol. The van der Waals surface area contributed by atoms with E-state index in [0.717, 1.165) is 33.5 Å². The Kier molecular flexibility index (Phi) is 6.66. The Bertz CT molecular complexity index is 1230. The fourth-order valence-corrected chi connectivity index (χ4v) is 3.78. The molecule has 0 aliphatic carbocycles. The first-order valence-corrected chi connectivity index (χ1v) is 11.1. The summed E-state index contributed by atoms with van der Waals surface area (Å²) >= 11 is 0. The first-order chi connectivity index (χ1) is 15.9. The number of rotatable bonds is 6. The number of nitrogens with one attached hydrogen (secondary N) is 1. The van der Waals surface area contributed by atoms with E-state index in [9.17, 15) is 9.90 Å². The van der Waals surface area contributed by atoms with Crippen molar-refractivity contribution in [1.29, 1.82) is 0 Å². The van der Waals surface area contributed by atoms with Crippen molar-refractivity contribution in [2.45, 2.75) is 32.9 Å². The van der Waals surface area contributed by atoms with Crippen molar-refractivity contribution in [1.82, 2.24) is 10.3 Å². The molecule has 0 fully saturated rings. The van der Waals surface area contributed by atoms with E-state index in [2.05, 4.69) is 10.3 Å². The van der Waals surface area contributed by atoms with Crippen molar-refractivity contribution in [3.05, 3.63) is 125 Å². The lowest BCUT2D eigenvalue weighted by atomic mass is 9.94. The van der Waals surface area contributed by atoms with E-state index in [1.165, 1.54) is 0 Å². The molecule has 0 spiro atoms. The van der Waals surface area contributed by atoms with Crippen LogP contribution >= 0.6 is 0 Å².